The molecule has 4 rings (SSSR count). The summed E-state index contributed by atoms with van der Waals surface area (Å²) in [5.74, 6) is 0.0221. The Bertz CT molecular complexity index is 703. The standard InChI is InChI=1S/C16H20N4O2/c1-19-7-3-6-13(19)14-10-22-9-8-20(14)16(21)15-11-4-2-5-12(11)17-18-15/h3,6-7,14H,2,4-5,8-10H2,1H3,(H,17,18)/t14-/m0/s1. The van der Waals surface area contributed by atoms with E-state index in [0.29, 0.717) is 25.5 Å². The molecule has 1 aliphatic heterocycles. The van der Waals surface area contributed by atoms with Crippen molar-refractivity contribution in [1.29, 1.82) is 0 Å². The molecule has 1 aliphatic carbocycles. The zero-order valence-electron chi connectivity index (χ0n) is 12.7. The predicted octanol–water partition coefficient (Wildman–Crippen LogP) is 1.45. The number of nitrogens with zero attached hydrogens (tertiary/aromatic N) is 3. The summed E-state index contributed by atoms with van der Waals surface area (Å²) in [6, 6.07) is 4.00. The van der Waals surface area contributed by atoms with E-state index in [-0.39, 0.29) is 11.9 Å². The molecular weight excluding hydrogens is 280 g/mol. The van der Waals surface area contributed by atoms with Gasteiger partial charge < -0.3 is 14.2 Å². The molecule has 0 aromatic carbocycles. The van der Waals surface area contributed by atoms with E-state index in [2.05, 4.69) is 20.8 Å². The maximum atomic E-state index is 13.0. The Morgan fingerprint density at radius 3 is 3.18 bits per heavy atom. The van der Waals surface area contributed by atoms with Crippen LogP contribution in [0.25, 0.3) is 0 Å². The number of aromatic amines is 1. The maximum absolute atomic E-state index is 13.0. The third-order valence-electron chi connectivity index (χ3n) is 4.72. The van der Waals surface area contributed by atoms with Crippen molar-refractivity contribution in [3.63, 3.8) is 0 Å². The number of carbonyl (C=O) groups excluding carboxylic acids is 1. The lowest BCUT2D eigenvalue weighted by Gasteiger charge is -2.35. The number of nitrogens with one attached hydrogen (secondary N) is 1. The van der Waals surface area contributed by atoms with Gasteiger partial charge in [0.05, 0.1) is 19.3 Å². The van der Waals surface area contributed by atoms with Crippen LogP contribution in [0, 0.1) is 0 Å². The zero-order valence-corrected chi connectivity index (χ0v) is 12.7. The molecule has 1 N–H and O–H groups in total. The Balaban J connectivity index is 1.66. The number of rotatable bonds is 2. The molecule has 0 bridgehead atoms. The minimum absolute atomic E-state index is 0.0221. The number of hydrogen-bond donors (Lipinski definition) is 1. The van der Waals surface area contributed by atoms with Gasteiger partial charge in [0.1, 0.15) is 0 Å². The Kier molecular flexibility index (Phi) is 3.26. The van der Waals surface area contributed by atoms with Gasteiger partial charge in [-0.25, -0.2) is 0 Å². The Labute approximate surface area is 129 Å². The van der Waals surface area contributed by atoms with Gasteiger partial charge in [0, 0.05) is 36.7 Å². The molecule has 0 spiro atoms. The number of morpholine rings is 1. The highest BCUT2D eigenvalue weighted by Crippen LogP contribution is 2.29. The average molecular weight is 300 g/mol. The van der Waals surface area contributed by atoms with Gasteiger partial charge in [-0.3, -0.25) is 9.89 Å². The molecule has 3 heterocycles. The number of amides is 1. The molecule has 1 saturated heterocycles. The highest BCUT2D eigenvalue weighted by molar-refractivity contribution is 5.94. The first-order valence-electron chi connectivity index (χ1n) is 7.82. The van der Waals surface area contributed by atoms with E-state index in [4.69, 9.17) is 4.74 Å². The van der Waals surface area contributed by atoms with Crippen LogP contribution in [-0.2, 0) is 24.6 Å². The summed E-state index contributed by atoms with van der Waals surface area (Å²) in [6.07, 6.45) is 5.05. The summed E-state index contributed by atoms with van der Waals surface area (Å²) in [5.41, 5.74) is 3.95. The lowest BCUT2D eigenvalue weighted by Crippen LogP contribution is -2.44. The average Bonchev–Trinajstić information content (AvgIpc) is 3.22. The topological polar surface area (TPSA) is 63.1 Å². The molecule has 2 aromatic heterocycles. The van der Waals surface area contributed by atoms with Crippen LogP contribution >= 0.6 is 0 Å². The van der Waals surface area contributed by atoms with Gasteiger partial charge in [0.25, 0.3) is 5.91 Å². The number of H-pyrrole nitrogens is 1. The van der Waals surface area contributed by atoms with Crippen LogP contribution in [0.3, 0.4) is 0 Å². The molecule has 1 amide bonds. The normalized spacial score (nSPS) is 21.1. The lowest BCUT2D eigenvalue weighted by atomic mass is 10.1. The van der Waals surface area contributed by atoms with Gasteiger partial charge in [0.15, 0.2) is 5.69 Å². The second-order valence-electron chi connectivity index (χ2n) is 6.02. The zero-order chi connectivity index (χ0) is 15.1. The monoisotopic (exact) mass is 300 g/mol. The van der Waals surface area contributed by atoms with Gasteiger partial charge in [-0.05, 0) is 31.4 Å². The number of fused-ring (bicyclic) bond motifs is 1. The first kappa shape index (κ1) is 13.6. The van der Waals surface area contributed by atoms with Crippen molar-refractivity contribution in [1.82, 2.24) is 19.7 Å². The fourth-order valence-corrected chi connectivity index (χ4v) is 3.54. The van der Waals surface area contributed by atoms with Crippen LogP contribution < -0.4 is 0 Å². The number of aryl methyl sites for hydroxylation is 2. The van der Waals surface area contributed by atoms with Gasteiger partial charge in [-0.1, -0.05) is 0 Å². The molecular formula is C16H20N4O2. The maximum Gasteiger partial charge on any atom is 0.275 e. The summed E-state index contributed by atoms with van der Waals surface area (Å²) < 4.78 is 7.67. The van der Waals surface area contributed by atoms with Crippen molar-refractivity contribution in [2.75, 3.05) is 19.8 Å². The van der Waals surface area contributed by atoms with Gasteiger partial charge in [-0.2, -0.15) is 5.10 Å². The van der Waals surface area contributed by atoms with E-state index >= 15 is 0 Å². The number of carbonyl (C=O) groups is 1. The Morgan fingerprint density at radius 2 is 2.36 bits per heavy atom. The molecule has 2 aliphatic rings. The van der Waals surface area contributed by atoms with Gasteiger partial charge >= 0.3 is 0 Å². The largest absolute Gasteiger partial charge is 0.377 e. The summed E-state index contributed by atoms with van der Waals surface area (Å²) >= 11 is 0. The summed E-state index contributed by atoms with van der Waals surface area (Å²) in [7, 11) is 2.00. The second kappa shape index (κ2) is 5.28. The quantitative estimate of drug-likeness (QED) is 0.913. The van der Waals surface area contributed by atoms with Crippen molar-refractivity contribution >= 4 is 5.91 Å². The van der Waals surface area contributed by atoms with Gasteiger partial charge in [-0.15, -0.1) is 0 Å². The first-order valence-corrected chi connectivity index (χ1v) is 7.82. The third kappa shape index (κ3) is 2.06. The molecule has 2 aromatic rings. The van der Waals surface area contributed by atoms with E-state index in [1.165, 1.54) is 0 Å². The molecule has 116 valence electrons. The molecule has 0 unspecified atom stereocenters. The van der Waals surface area contributed by atoms with E-state index in [1.807, 2.05) is 24.2 Å². The van der Waals surface area contributed by atoms with Crippen molar-refractivity contribution in [2.24, 2.45) is 7.05 Å². The van der Waals surface area contributed by atoms with Crippen LogP contribution in [0.1, 0.15) is 39.9 Å². The smallest absolute Gasteiger partial charge is 0.275 e. The lowest BCUT2D eigenvalue weighted by molar-refractivity contribution is -0.00499. The molecule has 22 heavy (non-hydrogen) atoms. The van der Waals surface area contributed by atoms with Crippen LogP contribution in [0.2, 0.25) is 0 Å². The summed E-state index contributed by atoms with van der Waals surface area (Å²) in [4.78, 5) is 14.9. The van der Waals surface area contributed by atoms with E-state index in [1.54, 1.807) is 0 Å². The summed E-state index contributed by atoms with van der Waals surface area (Å²) in [5, 5.41) is 7.32. The number of aromatic nitrogens is 3. The fraction of sp³-hybridized carbons (Fsp3) is 0.500. The van der Waals surface area contributed by atoms with Crippen LogP contribution in [0.4, 0.5) is 0 Å². The van der Waals surface area contributed by atoms with E-state index < -0.39 is 0 Å². The number of ether oxygens (including phenoxy) is 1. The molecule has 6 nitrogen and oxygen atoms in total. The summed E-state index contributed by atoms with van der Waals surface area (Å²) in [6.45, 7) is 1.73. The third-order valence-corrected chi connectivity index (χ3v) is 4.72. The van der Waals surface area contributed by atoms with Crippen molar-refractivity contribution in [2.45, 2.75) is 25.3 Å². The number of hydrogen-bond acceptors (Lipinski definition) is 3. The van der Waals surface area contributed by atoms with E-state index in [9.17, 15) is 4.79 Å². The predicted molar refractivity (Wildman–Crippen MR) is 80.6 cm³/mol. The molecule has 1 fully saturated rings. The van der Waals surface area contributed by atoms with Crippen molar-refractivity contribution in [3.8, 4) is 0 Å². The van der Waals surface area contributed by atoms with E-state index in [0.717, 1.165) is 36.2 Å². The van der Waals surface area contributed by atoms with Crippen LogP contribution in [0.5, 0.6) is 0 Å². The van der Waals surface area contributed by atoms with Crippen LogP contribution in [-0.4, -0.2) is 45.3 Å². The molecule has 6 heteroatoms. The second-order valence-corrected chi connectivity index (χ2v) is 6.02. The van der Waals surface area contributed by atoms with Gasteiger partial charge in [0.2, 0.25) is 0 Å². The fourth-order valence-electron chi connectivity index (χ4n) is 3.54. The minimum Gasteiger partial charge on any atom is -0.377 e. The minimum atomic E-state index is -0.0463. The van der Waals surface area contributed by atoms with Crippen molar-refractivity contribution in [3.05, 3.63) is 41.0 Å². The highest BCUT2D eigenvalue weighted by Gasteiger charge is 2.34. The molecule has 0 radical (unpaired) electrons. The Morgan fingerprint density at radius 1 is 1.45 bits per heavy atom. The van der Waals surface area contributed by atoms with Crippen LogP contribution in [0.15, 0.2) is 18.3 Å². The SMILES string of the molecule is Cn1cccc1[C@@H]1COCCN1C(=O)c1n[nH]c2c1CCC2. The highest BCUT2D eigenvalue weighted by atomic mass is 16.5. The first-order chi connectivity index (χ1) is 10.8. The Hall–Kier alpha value is -2.08. The molecule has 1 atom stereocenters. The van der Waals surface area contributed by atoms with Crippen molar-refractivity contribution < 1.29 is 9.53 Å². The molecule has 0 saturated carbocycles.